The molecule has 0 fully saturated rings. The van der Waals surface area contributed by atoms with Gasteiger partial charge in [-0.3, -0.25) is 9.98 Å². The Morgan fingerprint density at radius 2 is 0.639 bits per heavy atom. The summed E-state index contributed by atoms with van der Waals surface area (Å²) in [5.74, 6) is 1.77. The van der Waals surface area contributed by atoms with Crippen molar-refractivity contribution in [2.45, 2.75) is 79.1 Å². The van der Waals surface area contributed by atoms with Crippen LogP contribution in [0, 0.1) is 0 Å². The fourth-order valence-corrected chi connectivity index (χ4v) is 3.54. The molecular formula is C26H36Cl7N2Re-7. The van der Waals surface area contributed by atoms with Gasteiger partial charge in [0.25, 0.3) is 0 Å². The Morgan fingerprint density at radius 3 is 0.806 bits per heavy atom. The zero-order valence-corrected chi connectivity index (χ0v) is 29.9. The van der Waals surface area contributed by atoms with Crippen LogP contribution >= 0.6 is 0 Å². The van der Waals surface area contributed by atoms with Gasteiger partial charge < -0.3 is 86.8 Å². The molecule has 0 amide bonds. The van der Waals surface area contributed by atoms with Gasteiger partial charge in [-0.15, -0.1) is 0 Å². The SMILES string of the molecule is CC(C)c1cccc(C(C)C)c1N=CC=Nc1c(C(C)C)cccc1C(C)C.[Cl-].[Cl-].[Cl-].[Cl-].[Cl-].[Cl-].[Cl-].[Re]. The van der Waals surface area contributed by atoms with Crippen molar-refractivity contribution < 1.29 is 107 Å². The average Bonchev–Trinajstić information content (AvgIpc) is 2.64. The predicted octanol–water partition coefficient (Wildman–Crippen LogP) is -12.7. The topological polar surface area (TPSA) is 24.7 Å². The van der Waals surface area contributed by atoms with Crippen LogP contribution in [-0.2, 0) is 20.4 Å². The minimum atomic E-state index is 0. The molecule has 0 aromatic heterocycles. The van der Waals surface area contributed by atoms with E-state index in [0.29, 0.717) is 23.7 Å². The second kappa shape index (κ2) is 25.7. The number of halogens is 7. The van der Waals surface area contributed by atoms with Gasteiger partial charge in [0.1, 0.15) is 0 Å². The summed E-state index contributed by atoms with van der Waals surface area (Å²) in [6, 6.07) is 13.0. The third kappa shape index (κ3) is 14.6. The largest absolute Gasteiger partial charge is 1.00 e. The maximum Gasteiger partial charge on any atom is 0.0699 e. The molecule has 0 spiro atoms. The maximum absolute atomic E-state index is 4.84. The summed E-state index contributed by atoms with van der Waals surface area (Å²) >= 11 is 0. The Kier molecular flexibility index (Phi) is 37.8. The molecule has 36 heavy (non-hydrogen) atoms. The Balaban J connectivity index is -0.000000210. The summed E-state index contributed by atoms with van der Waals surface area (Å²) < 4.78 is 0. The Morgan fingerprint density at radius 1 is 0.444 bits per heavy atom. The molecule has 0 aliphatic carbocycles. The van der Waals surface area contributed by atoms with Crippen LogP contribution in [0.15, 0.2) is 46.4 Å². The van der Waals surface area contributed by atoms with Crippen LogP contribution in [0.1, 0.15) is 101 Å². The quantitative estimate of drug-likeness (QED) is 0.249. The van der Waals surface area contributed by atoms with Gasteiger partial charge in [-0.25, -0.2) is 0 Å². The molecule has 0 atom stereocenters. The van der Waals surface area contributed by atoms with Crippen LogP contribution in [-0.4, -0.2) is 12.4 Å². The van der Waals surface area contributed by atoms with Gasteiger partial charge in [-0.05, 0) is 45.9 Å². The predicted molar refractivity (Wildman–Crippen MR) is 126 cm³/mol. The molecule has 0 saturated heterocycles. The molecule has 0 bridgehead atoms. The van der Waals surface area contributed by atoms with E-state index in [1.165, 1.54) is 22.3 Å². The fourth-order valence-electron chi connectivity index (χ4n) is 3.54. The molecule has 2 rings (SSSR count). The standard InChI is InChI=1S/C26H36N2.7ClH.Re/c1-17(2)21-11-9-12-22(18(3)4)25(21)27-15-16-28-26-23(19(5)6)13-10-14-24(26)20(7)8;;;;;;;;/h9-20H,1-8H3;7*1H;/p-7. The molecule has 0 N–H and O–H groups in total. The normalized spacial score (nSPS) is 9.78. The second-order valence-corrected chi connectivity index (χ2v) is 8.75. The summed E-state index contributed by atoms with van der Waals surface area (Å²) in [5, 5.41) is 0. The van der Waals surface area contributed by atoms with E-state index in [1.54, 1.807) is 0 Å². The first-order valence-electron chi connectivity index (χ1n) is 10.6. The van der Waals surface area contributed by atoms with E-state index in [-0.39, 0.29) is 107 Å². The van der Waals surface area contributed by atoms with Crippen molar-refractivity contribution in [2.24, 2.45) is 9.98 Å². The minimum Gasteiger partial charge on any atom is -1.00 e. The molecule has 0 heterocycles. The summed E-state index contributed by atoms with van der Waals surface area (Å²) in [6.45, 7) is 17.8. The summed E-state index contributed by atoms with van der Waals surface area (Å²) in [5.41, 5.74) is 7.37. The van der Waals surface area contributed by atoms with Gasteiger partial charge in [-0.2, -0.15) is 0 Å². The smallest absolute Gasteiger partial charge is 0.0699 e. The second-order valence-electron chi connectivity index (χ2n) is 8.75. The van der Waals surface area contributed by atoms with Crippen LogP contribution in [0.4, 0.5) is 11.4 Å². The minimum absolute atomic E-state index is 0. The maximum atomic E-state index is 4.84. The number of nitrogens with zero attached hydrogens (tertiary/aromatic N) is 2. The number of hydrogen-bond acceptors (Lipinski definition) is 2. The molecule has 2 nitrogen and oxygen atoms in total. The molecular weight excluding hydrogens is 775 g/mol. The zero-order chi connectivity index (χ0) is 20.8. The van der Waals surface area contributed by atoms with Gasteiger partial charge in [0.05, 0.1) is 11.4 Å². The Hall–Kier alpha value is 0.472. The number of hydrogen-bond donors (Lipinski definition) is 0. The Bertz CT molecular complexity index is 747. The van der Waals surface area contributed by atoms with Crippen molar-refractivity contribution >= 4 is 23.8 Å². The first-order valence-corrected chi connectivity index (χ1v) is 10.6. The van der Waals surface area contributed by atoms with E-state index in [9.17, 15) is 0 Å². The third-order valence-electron chi connectivity index (χ3n) is 5.16. The summed E-state index contributed by atoms with van der Waals surface area (Å²) in [4.78, 5) is 9.68. The summed E-state index contributed by atoms with van der Waals surface area (Å²) in [6.07, 6.45) is 3.71. The third-order valence-corrected chi connectivity index (χ3v) is 5.16. The van der Waals surface area contributed by atoms with E-state index < -0.39 is 0 Å². The number of benzene rings is 2. The van der Waals surface area contributed by atoms with Crippen molar-refractivity contribution in [1.82, 2.24) is 0 Å². The van der Waals surface area contributed by atoms with Crippen LogP contribution < -0.4 is 86.8 Å². The van der Waals surface area contributed by atoms with Crippen LogP contribution in [0.3, 0.4) is 0 Å². The van der Waals surface area contributed by atoms with E-state index >= 15 is 0 Å². The summed E-state index contributed by atoms with van der Waals surface area (Å²) in [7, 11) is 0. The number of para-hydroxylation sites is 2. The van der Waals surface area contributed by atoms with E-state index in [4.69, 9.17) is 9.98 Å². The molecule has 2 aromatic carbocycles. The van der Waals surface area contributed by atoms with Crippen LogP contribution in [0.25, 0.3) is 0 Å². The first-order chi connectivity index (χ1) is 13.2. The van der Waals surface area contributed by atoms with Crippen molar-refractivity contribution in [3.8, 4) is 0 Å². The molecule has 213 valence electrons. The van der Waals surface area contributed by atoms with E-state index in [2.05, 4.69) is 91.8 Å². The van der Waals surface area contributed by atoms with Gasteiger partial charge in [0.15, 0.2) is 0 Å². The van der Waals surface area contributed by atoms with Gasteiger partial charge in [0, 0.05) is 32.9 Å². The monoisotopic (exact) mass is 808 g/mol. The van der Waals surface area contributed by atoms with Crippen molar-refractivity contribution in [1.29, 1.82) is 0 Å². The Labute approximate surface area is 276 Å². The van der Waals surface area contributed by atoms with E-state index in [0.717, 1.165) is 11.4 Å². The number of aliphatic imine (C=N–C) groups is 2. The molecule has 0 unspecified atom stereocenters. The molecule has 10 heteroatoms. The average molecular weight is 811 g/mol. The van der Waals surface area contributed by atoms with Crippen molar-refractivity contribution in [3.63, 3.8) is 0 Å². The van der Waals surface area contributed by atoms with Gasteiger partial charge in [0.2, 0.25) is 0 Å². The van der Waals surface area contributed by atoms with Crippen LogP contribution in [0.5, 0.6) is 0 Å². The number of rotatable bonds is 7. The zero-order valence-electron chi connectivity index (χ0n) is 21.8. The first kappa shape index (κ1) is 52.8. The van der Waals surface area contributed by atoms with Gasteiger partial charge >= 0.3 is 0 Å². The van der Waals surface area contributed by atoms with Crippen molar-refractivity contribution in [2.75, 3.05) is 0 Å². The fraction of sp³-hybridized carbons (Fsp3) is 0.462. The van der Waals surface area contributed by atoms with Crippen molar-refractivity contribution in [3.05, 3.63) is 58.7 Å². The molecule has 0 aliphatic rings. The molecule has 2 aromatic rings. The van der Waals surface area contributed by atoms with E-state index in [1.807, 2.05) is 12.4 Å². The molecule has 0 saturated carbocycles. The molecule has 0 aliphatic heterocycles. The van der Waals surface area contributed by atoms with Crippen LogP contribution in [0.2, 0.25) is 0 Å². The van der Waals surface area contributed by atoms with Gasteiger partial charge in [-0.1, -0.05) is 91.8 Å². The molecule has 1 radical (unpaired) electrons.